The van der Waals surface area contributed by atoms with E-state index in [1.54, 1.807) is 7.11 Å². The molecule has 0 bridgehead atoms. The lowest BCUT2D eigenvalue weighted by molar-refractivity contribution is -0.115. The van der Waals surface area contributed by atoms with Gasteiger partial charge in [0.15, 0.2) is 0 Å². The van der Waals surface area contributed by atoms with Crippen molar-refractivity contribution in [1.29, 1.82) is 0 Å². The summed E-state index contributed by atoms with van der Waals surface area (Å²) in [6.45, 7) is 0. The summed E-state index contributed by atoms with van der Waals surface area (Å²) in [4.78, 5) is 21.6. The molecule has 1 fully saturated rings. The van der Waals surface area contributed by atoms with Crippen LogP contribution in [-0.4, -0.2) is 27.6 Å². The van der Waals surface area contributed by atoms with Crippen molar-refractivity contribution >= 4 is 45.8 Å². The summed E-state index contributed by atoms with van der Waals surface area (Å²) < 4.78 is 7.64. The standard InChI is InChI=1S/C21H22Cl2N4O2/c1-27-20-13(9-17(28)25-18-14(22)10-24-11-15(18)23)7-8-16(29-2)19(20)26-21(27)12-5-3-4-6-12/h7-8,10-12H,3-6,9H2,1-2H3,(H,24,25,28). The molecule has 3 aromatic rings. The Bertz CT molecular complexity index is 1050. The lowest BCUT2D eigenvalue weighted by Crippen LogP contribution is -2.16. The molecule has 0 saturated heterocycles. The van der Waals surface area contributed by atoms with Crippen molar-refractivity contribution in [2.24, 2.45) is 7.05 Å². The van der Waals surface area contributed by atoms with Gasteiger partial charge in [0.05, 0.1) is 34.8 Å². The maximum atomic E-state index is 12.7. The number of fused-ring (bicyclic) bond motifs is 1. The number of imidazole rings is 1. The number of anilines is 1. The summed E-state index contributed by atoms with van der Waals surface area (Å²) >= 11 is 12.2. The van der Waals surface area contributed by atoms with Gasteiger partial charge in [0.25, 0.3) is 0 Å². The molecule has 2 heterocycles. The molecule has 4 rings (SSSR count). The highest BCUT2D eigenvalue weighted by atomic mass is 35.5. The first kappa shape index (κ1) is 20.0. The quantitative estimate of drug-likeness (QED) is 0.606. The van der Waals surface area contributed by atoms with Gasteiger partial charge in [-0.3, -0.25) is 9.78 Å². The number of ether oxygens (including phenoxy) is 1. The molecule has 152 valence electrons. The van der Waals surface area contributed by atoms with Gasteiger partial charge in [-0.05, 0) is 24.5 Å². The number of carbonyl (C=O) groups excluding carboxylic acids is 1. The number of methoxy groups -OCH3 is 1. The summed E-state index contributed by atoms with van der Waals surface area (Å²) in [5.74, 6) is 2.01. The van der Waals surface area contributed by atoms with Crippen LogP contribution in [0.4, 0.5) is 5.69 Å². The lowest BCUT2D eigenvalue weighted by atomic mass is 10.1. The van der Waals surface area contributed by atoms with E-state index in [0.29, 0.717) is 27.4 Å². The number of benzene rings is 1. The van der Waals surface area contributed by atoms with Crippen molar-refractivity contribution in [1.82, 2.24) is 14.5 Å². The molecule has 1 N–H and O–H groups in total. The van der Waals surface area contributed by atoms with Gasteiger partial charge in [0.2, 0.25) is 5.91 Å². The zero-order valence-electron chi connectivity index (χ0n) is 16.3. The Labute approximate surface area is 179 Å². The molecule has 29 heavy (non-hydrogen) atoms. The van der Waals surface area contributed by atoms with Gasteiger partial charge >= 0.3 is 0 Å². The Kier molecular flexibility index (Phi) is 5.65. The SMILES string of the molecule is COc1ccc(CC(=O)Nc2c(Cl)cncc2Cl)c2c1nc(C1CCCC1)n2C. The number of amides is 1. The smallest absolute Gasteiger partial charge is 0.228 e. The van der Waals surface area contributed by atoms with Crippen molar-refractivity contribution in [3.8, 4) is 5.75 Å². The van der Waals surface area contributed by atoms with Crippen LogP contribution in [0.1, 0.15) is 43.0 Å². The number of pyridine rings is 1. The Balaban J connectivity index is 1.69. The van der Waals surface area contributed by atoms with Crippen molar-refractivity contribution in [3.63, 3.8) is 0 Å². The Morgan fingerprint density at radius 1 is 1.24 bits per heavy atom. The second kappa shape index (κ2) is 8.20. The van der Waals surface area contributed by atoms with E-state index >= 15 is 0 Å². The molecular formula is C21H22Cl2N4O2. The third kappa shape index (κ3) is 3.79. The molecular weight excluding hydrogens is 411 g/mol. The third-order valence-corrected chi connectivity index (χ3v) is 6.09. The predicted molar refractivity (Wildman–Crippen MR) is 115 cm³/mol. The zero-order chi connectivity index (χ0) is 20.5. The first-order valence-electron chi connectivity index (χ1n) is 9.60. The largest absolute Gasteiger partial charge is 0.494 e. The fourth-order valence-electron chi connectivity index (χ4n) is 4.13. The molecule has 0 radical (unpaired) electrons. The van der Waals surface area contributed by atoms with Crippen molar-refractivity contribution in [2.75, 3.05) is 12.4 Å². The van der Waals surface area contributed by atoms with Crippen LogP contribution in [-0.2, 0) is 18.3 Å². The topological polar surface area (TPSA) is 69.0 Å². The monoisotopic (exact) mass is 432 g/mol. The molecule has 1 aromatic carbocycles. The number of rotatable bonds is 5. The highest BCUT2D eigenvalue weighted by Gasteiger charge is 2.25. The minimum atomic E-state index is -0.213. The molecule has 0 spiro atoms. The first-order chi connectivity index (χ1) is 14.0. The molecule has 1 aliphatic rings. The first-order valence-corrected chi connectivity index (χ1v) is 10.4. The van der Waals surface area contributed by atoms with Gasteiger partial charge < -0.3 is 14.6 Å². The maximum absolute atomic E-state index is 12.7. The summed E-state index contributed by atoms with van der Waals surface area (Å²) in [6.07, 6.45) is 7.82. The fourth-order valence-corrected chi connectivity index (χ4v) is 4.59. The number of nitrogens with zero attached hydrogens (tertiary/aromatic N) is 3. The number of aryl methyl sites for hydroxylation is 1. The zero-order valence-corrected chi connectivity index (χ0v) is 17.8. The van der Waals surface area contributed by atoms with Crippen molar-refractivity contribution in [2.45, 2.75) is 38.0 Å². The van der Waals surface area contributed by atoms with Gasteiger partial charge in [-0.25, -0.2) is 4.98 Å². The van der Waals surface area contributed by atoms with E-state index in [9.17, 15) is 4.79 Å². The van der Waals surface area contributed by atoms with Crippen LogP contribution in [0.25, 0.3) is 11.0 Å². The number of hydrogen-bond donors (Lipinski definition) is 1. The molecule has 1 amide bonds. The van der Waals surface area contributed by atoms with Crippen LogP contribution in [0.5, 0.6) is 5.75 Å². The van der Waals surface area contributed by atoms with Crippen LogP contribution >= 0.6 is 23.2 Å². The number of nitrogens with one attached hydrogen (secondary N) is 1. The van der Waals surface area contributed by atoms with Crippen molar-refractivity contribution < 1.29 is 9.53 Å². The highest BCUT2D eigenvalue weighted by molar-refractivity contribution is 6.39. The Hall–Kier alpha value is -2.31. The summed E-state index contributed by atoms with van der Waals surface area (Å²) in [5, 5.41) is 3.40. The molecule has 0 aliphatic heterocycles. The Morgan fingerprint density at radius 3 is 2.59 bits per heavy atom. The molecule has 8 heteroatoms. The maximum Gasteiger partial charge on any atom is 0.228 e. The van der Waals surface area contributed by atoms with Gasteiger partial charge in [-0.2, -0.15) is 0 Å². The average molecular weight is 433 g/mol. The second-order valence-electron chi connectivity index (χ2n) is 7.34. The molecule has 0 unspecified atom stereocenters. The van der Waals surface area contributed by atoms with Gasteiger partial charge in [-0.1, -0.05) is 42.1 Å². The van der Waals surface area contributed by atoms with E-state index in [4.69, 9.17) is 32.9 Å². The third-order valence-electron chi connectivity index (χ3n) is 5.51. The minimum Gasteiger partial charge on any atom is -0.494 e. The number of halogens is 2. The van der Waals surface area contributed by atoms with Gasteiger partial charge in [-0.15, -0.1) is 0 Å². The van der Waals surface area contributed by atoms with E-state index in [2.05, 4.69) is 14.9 Å². The summed E-state index contributed by atoms with van der Waals surface area (Å²) in [5.41, 5.74) is 2.96. The van der Waals surface area contributed by atoms with E-state index in [1.807, 2.05) is 19.2 Å². The van der Waals surface area contributed by atoms with Crippen LogP contribution in [0.2, 0.25) is 10.0 Å². The number of carbonyl (C=O) groups is 1. The number of hydrogen-bond acceptors (Lipinski definition) is 4. The lowest BCUT2D eigenvalue weighted by Gasteiger charge is -2.12. The van der Waals surface area contributed by atoms with E-state index < -0.39 is 0 Å². The second-order valence-corrected chi connectivity index (χ2v) is 8.15. The molecule has 1 aliphatic carbocycles. The molecule has 2 aromatic heterocycles. The molecule has 6 nitrogen and oxygen atoms in total. The summed E-state index contributed by atoms with van der Waals surface area (Å²) in [6, 6.07) is 3.78. The fraction of sp³-hybridized carbons (Fsp3) is 0.381. The van der Waals surface area contributed by atoms with Gasteiger partial charge in [0.1, 0.15) is 17.1 Å². The van der Waals surface area contributed by atoms with E-state index in [1.165, 1.54) is 25.2 Å². The van der Waals surface area contributed by atoms with E-state index in [-0.39, 0.29) is 12.3 Å². The van der Waals surface area contributed by atoms with Crippen LogP contribution in [0.3, 0.4) is 0 Å². The number of aromatic nitrogens is 3. The van der Waals surface area contributed by atoms with E-state index in [0.717, 1.165) is 35.3 Å². The van der Waals surface area contributed by atoms with Crippen molar-refractivity contribution in [3.05, 3.63) is 46.0 Å². The van der Waals surface area contributed by atoms with Gasteiger partial charge in [0, 0.05) is 25.4 Å². The van der Waals surface area contributed by atoms with Crippen LogP contribution in [0.15, 0.2) is 24.5 Å². The van der Waals surface area contributed by atoms with Crippen LogP contribution < -0.4 is 10.1 Å². The predicted octanol–water partition coefficient (Wildman–Crippen LogP) is 5.12. The summed E-state index contributed by atoms with van der Waals surface area (Å²) in [7, 11) is 3.65. The minimum absolute atomic E-state index is 0.166. The molecule has 0 atom stereocenters. The molecule has 1 saturated carbocycles. The average Bonchev–Trinajstić information content (AvgIpc) is 3.33. The highest BCUT2D eigenvalue weighted by Crippen LogP contribution is 2.37. The normalized spacial score (nSPS) is 14.5. The van der Waals surface area contributed by atoms with Crippen LogP contribution in [0, 0.1) is 0 Å². The Morgan fingerprint density at radius 2 is 1.93 bits per heavy atom.